The number of hydrogen-bond acceptors (Lipinski definition) is 11. The Hall–Kier alpha value is -6.65. The summed E-state index contributed by atoms with van der Waals surface area (Å²) in [5.74, 6) is 5.91. The number of nitrogens with one attached hydrogen (secondary N) is 5. The van der Waals surface area contributed by atoms with Crippen LogP contribution < -0.4 is 26.5 Å². The molecule has 1 aromatic heterocycles. The van der Waals surface area contributed by atoms with Gasteiger partial charge in [-0.15, -0.1) is 0 Å². The van der Waals surface area contributed by atoms with Gasteiger partial charge in [-0.25, -0.2) is 13.6 Å². The number of allylic oxidation sites excluding steroid dienone is 1. The summed E-state index contributed by atoms with van der Waals surface area (Å²) in [5, 5.41) is 26.3. The number of aryl methyl sites for hydroxylation is 2. The molecular formula is C50H62F2N12O5. The highest BCUT2D eigenvalue weighted by Crippen LogP contribution is 2.38. The first-order valence-corrected chi connectivity index (χ1v) is 23.9. The first kappa shape index (κ1) is 48.8. The fourth-order valence-electron chi connectivity index (χ4n) is 10.3. The summed E-state index contributed by atoms with van der Waals surface area (Å²) in [4.78, 5) is 73.5. The number of nitrogens with zero attached hydrogens (tertiary/aromatic N) is 7. The standard InChI is InChI=1S/C50H62F2N12O5/c1-32(65)62-21-14-40(39(31-62)48(54)63-17-5-7-34-27-37(35(29-53)30-55-2)38(47(51)52)28-43(34)63)56-36-12-19-61(20-13-36)46(67)15-18-60-24-22-59(23-25-60)16-4-6-33-8-9-41-44(26-33)58(3)50(69)64(41)42-10-11-45(66)57-49(42)68/h8-9,26-30,36,42,47,53-56H,5,7,10-25,31H2,1-3H3,(H,57,66,68)/b35-30+,53-29?,54-48?. The number of aromatic nitrogens is 2. The molecule has 0 aliphatic carbocycles. The summed E-state index contributed by atoms with van der Waals surface area (Å²) in [6.45, 7) is 8.49. The first-order valence-electron chi connectivity index (χ1n) is 23.9. The molecule has 1 unspecified atom stereocenters. The lowest BCUT2D eigenvalue weighted by Crippen LogP contribution is -2.49. The lowest BCUT2D eigenvalue weighted by molar-refractivity contribution is -0.136. The minimum Gasteiger partial charge on any atom is -0.393 e. The molecule has 69 heavy (non-hydrogen) atoms. The smallest absolute Gasteiger partial charge is 0.329 e. The van der Waals surface area contributed by atoms with Crippen LogP contribution in [-0.2, 0) is 32.6 Å². The van der Waals surface area contributed by atoms with Crippen molar-refractivity contribution >= 4 is 58.0 Å². The molecule has 1 atom stereocenters. The molecule has 0 bridgehead atoms. The molecule has 5 aliphatic heterocycles. The number of imidazole rings is 1. The lowest BCUT2D eigenvalue weighted by atomic mass is 9.91. The molecule has 2 aromatic carbocycles. The van der Waals surface area contributed by atoms with Crippen molar-refractivity contribution in [2.24, 2.45) is 7.05 Å². The van der Waals surface area contributed by atoms with Gasteiger partial charge in [-0.05, 0) is 73.6 Å². The van der Waals surface area contributed by atoms with Gasteiger partial charge < -0.3 is 35.6 Å². The monoisotopic (exact) mass is 948 g/mol. The van der Waals surface area contributed by atoms with Crippen LogP contribution >= 0.6 is 0 Å². The van der Waals surface area contributed by atoms with E-state index in [1.54, 1.807) is 36.0 Å². The molecule has 19 heteroatoms. The first-order chi connectivity index (χ1) is 33.2. The summed E-state index contributed by atoms with van der Waals surface area (Å²) in [5.41, 5.74) is 5.09. The number of benzene rings is 2. The molecule has 6 heterocycles. The average Bonchev–Trinajstić information content (AvgIpc) is 3.59. The van der Waals surface area contributed by atoms with Crippen LogP contribution in [0.3, 0.4) is 0 Å². The van der Waals surface area contributed by atoms with Crippen molar-refractivity contribution in [3.05, 3.63) is 80.5 Å². The van der Waals surface area contributed by atoms with Gasteiger partial charge in [-0.3, -0.25) is 43.9 Å². The van der Waals surface area contributed by atoms with E-state index in [1.807, 2.05) is 17.0 Å². The van der Waals surface area contributed by atoms with Gasteiger partial charge in [-0.1, -0.05) is 11.8 Å². The second-order valence-corrected chi connectivity index (χ2v) is 18.5. The van der Waals surface area contributed by atoms with Crippen molar-refractivity contribution in [2.45, 2.75) is 76.8 Å². The summed E-state index contributed by atoms with van der Waals surface area (Å²) in [6.07, 6.45) is 4.04. The van der Waals surface area contributed by atoms with Gasteiger partial charge in [0, 0.05) is 151 Å². The molecule has 17 nitrogen and oxygen atoms in total. The van der Waals surface area contributed by atoms with Gasteiger partial charge in [0.1, 0.15) is 11.9 Å². The number of piperidine rings is 2. The third-order valence-corrected chi connectivity index (χ3v) is 14.2. The second-order valence-electron chi connectivity index (χ2n) is 18.5. The Kier molecular flexibility index (Phi) is 15.1. The largest absolute Gasteiger partial charge is 0.393 e. The van der Waals surface area contributed by atoms with Gasteiger partial charge >= 0.3 is 5.69 Å². The number of fused-ring (bicyclic) bond motifs is 2. The summed E-state index contributed by atoms with van der Waals surface area (Å²) >= 11 is 0. The SMILES string of the molecule is CN/C=C(\C=N)c1cc2c(cc1C(F)F)N(C(=N)C1=C(NC3CCN(C(=O)CCN4CCN(CC#Cc5ccc6c(c5)n(C)c(=O)n6C5CCC(=O)NC5=O)CC4)CC3)CCN(C(C)=O)C1)CCC2. The van der Waals surface area contributed by atoms with Crippen LogP contribution in [0.15, 0.2) is 52.6 Å². The molecule has 8 rings (SSSR count). The predicted octanol–water partition coefficient (Wildman–Crippen LogP) is 3.34. The minimum absolute atomic E-state index is 0.0654. The Morgan fingerprint density at radius 3 is 2.38 bits per heavy atom. The number of hydrogen-bond donors (Lipinski definition) is 5. The number of carbonyl (C=O) groups excluding carboxylic acids is 4. The number of alkyl halides is 2. The van der Waals surface area contributed by atoms with Crippen molar-refractivity contribution in [1.82, 2.24) is 44.7 Å². The summed E-state index contributed by atoms with van der Waals surface area (Å²) in [6, 6.07) is 8.01. The molecule has 0 spiro atoms. The molecule has 366 valence electrons. The van der Waals surface area contributed by atoms with E-state index < -0.39 is 18.4 Å². The Balaban J connectivity index is 0.823. The van der Waals surface area contributed by atoms with Crippen molar-refractivity contribution in [3.8, 4) is 11.8 Å². The Morgan fingerprint density at radius 1 is 0.928 bits per heavy atom. The maximum absolute atomic E-state index is 14.6. The van der Waals surface area contributed by atoms with Gasteiger partial charge in [0.2, 0.25) is 23.6 Å². The number of rotatable bonds is 12. The predicted molar refractivity (Wildman–Crippen MR) is 260 cm³/mol. The number of amides is 4. The van der Waals surface area contributed by atoms with Crippen molar-refractivity contribution in [3.63, 3.8) is 0 Å². The van der Waals surface area contributed by atoms with Crippen molar-refractivity contribution in [1.29, 1.82) is 10.8 Å². The van der Waals surface area contributed by atoms with Gasteiger partial charge in [-0.2, -0.15) is 0 Å². The van der Waals surface area contributed by atoms with E-state index in [2.05, 4.69) is 37.6 Å². The molecule has 3 aromatic rings. The van der Waals surface area contributed by atoms with E-state index in [0.29, 0.717) is 98.4 Å². The van der Waals surface area contributed by atoms with Gasteiger partial charge in [0.05, 0.1) is 24.1 Å². The molecule has 3 saturated heterocycles. The third kappa shape index (κ3) is 10.7. The maximum Gasteiger partial charge on any atom is 0.329 e. The van der Waals surface area contributed by atoms with Crippen LogP contribution in [0.25, 0.3) is 16.6 Å². The van der Waals surface area contributed by atoms with Crippen LogP contribution in [0.1, 0.15) is 86.6 Å². The molecule has 0 radical (unpaired) electrons. The van der Waals surface area contributed by atoms with Crippen LogP contribution in [0.2, 0.25) is 0 Å². The number of anilines is 1. The maximum atomic E-state index is 14.6. The zero-order valence-electron chi connectivity index (χ0n) is 39.6. The van der Waals surface area contributed by atoms with Gasteiger partial charge in [0.15, 0.2) is 0 Å². The fourth-order valence-corrected chi connectivity index (χ4v) is 10.3. The van der Waals surface area contributed by atoms with Crippen molar-refractivity contribution in [2.75, 3.05) is 83.9 Å². The Labute approximate surface area is 400 Å². The highest BCUT2D eigenvalue weighted by Gasteiger charge is 2.34. The molecule has 3 fully saturated rings. The Morgan fingerprint density at radius 2 is 1.68 bits per heavy atom. The van der Waals surface area contributed by atoms with E-state index in [9.17, 15) is 38.2 Å². The quantitative estimate of drug-likeness (QED) is 0.0779. The molecule has 0 saturated carbocycles. The van der Waals surface area contributed by atoms with Crippen molar-refractivity contribution < 1.29 is 28.0 Å². The van der Waals surface area contributed by atoms with Crippen LogP contribution in [0.5, 0.6) is 0 Å². The zero-order valence-corrected chi connectivity index (χ0v) is 39.6. The van der Waals surface area contributed by atoms with E-state index in [1.165, 1.54) is 28.3 Å². The number of likely N-dealkylation sites (tertiary alicyclic amines) is 1. The van der Waals surface area contributed by atoms with Crippen LogP contribution in [0.4, 0.5) is 14.5 Å². The number of carbonyl (C=O) groups is 4. The number of halogens is 2. The highest BCUT2D eigenvalue weighted by atomic mass is 19.3. The summed E-state index contributed by atoms with van der Waals surface area (Å²) < 4.78 is 32.1. The van der Waals surface area contributed by atoms with Gasteiger partial charge in [0.25, 0.3) is 6.43 Å². The van der Waals surface area contributed by atoms with E-state index >= 15 is 0 Å². The number of amidine groups is 1. The van der Waals surface area contributed by atoms with Crippen LogP contribution in [-0.4, -0.2) is 149 Å². The molecule has 4 amide bonds. The topological polar surface area (TPSA) is 195 Å². The number of piperazine rings is 1. The number of imide groups is 1. The summed E-state index contributed by atoms with van der Waals surface area (Å²) in [7, 11) is 3.32. The van der Waals surface area contributed by atoms with E-state index in [-0.39, 0.29) is 60.2 Å². The molecule has 5 aliphatic rings. The molecular weight excluding hydrogens is 887 g/mol. The van der Waals surface area contributed by atoms with Crippen LogP contribution in [0, 0.1) is 22.7 Å². The second kappa shape index (κ2) is 21.3. The normalized spacial score (nSPS) is 19.9. The lowest BCUT2D eigenvalue weighted by Gasteiger charge is -2.39. The average molecular weight is 949 g/mol. The highest BCUT2D eigenvalue weighted by molar-refractivity contribution is 6.11. The molecule has 5 N–H and O–H groups in total. The third-order valence-electron chi connectivity index (χ3n) is 14.2. The van der Waals surface area contributed by atoms with E-state index in [4.69, 9.17) is 5.41 Å². The van der Waals surface area contributed by atoms with E-state index in [0.717, 1.165) is 62.1 Å². The zero-order chi connectivity index (χ0) is 48.9. The fraction of sp³-hybridized carbons (Fsp3) is 0.500. The Bertz CT molecular complexity index is 2720. The minimum atomic E-state index is -2.79.